The van der Waals surface area contributed by atoms with Crippen molar-refractivity contribution in [3.8, 4) is 12.3 Å². The Bertz CT molecular complexity index is 445. The van der Waals surface area contributed by atoms with E-state index in [2.05, 4.69) is 10.9 Å². The second kappa shape index (κ2) is 6.91. The number of piperidine rings is 1. The van der Waals surface area contributed by atoms with Crippen LogP contribution < -0.4 is 0 Å². The molecule has 19 heavy (non-hydrogen) atoms. The molecule has 0 saturated carbocycles. The highest BCUT2D eigenvalue weighted by Gasteiger charge is 2.23. The molecular weight excluding hydrogens is 240 g/mol. The summed E-state index contributed by atoms with van der Waals surface area (Å²) in [4.78, 5) is 18.0. The molecule has 0 spiro atoms. The molecule has 0 radical (unpaired) electrons. The number of amides is 1. The zero-order valence-electron chi connectivity index (χ0n) is 10.9. The summed E-state index contributed by atoms with van der Waals surface area (Å²) in [7, 11) is 0. The minimum Gasteiger partial charge on any atom is -0.369 e. The minimum atomic E-state index is 0.0883. The Morgan fingerprint density at radius 2 is 2.11 bits per heavy atom. The molecule has 0 aliphatic carbocycles. The van der Waals surface area contributed by atoms with Crippen LogP contribution in [0.25, 0.3) is 0 Å². The fourth-order valence-corrected chi connectivity index (χ4v) is 2.26. The quantitative estimate of drug-likeness (QED) is 0.608. The SMILES string of the molecule is C#CCOCC1CCN(C(=O)c2ccncc2)CC1. The molecule has 2 heterocycles. The molecule has 1 amide bonds. The lowest BCUT2D eigenvalue weighted by molar-refractivity contribution is 0.0582. The topological polar surface area (TPSA) is 42.4 Å². The summed E-state index contributed by atoms with van der Waals surface area (Å²) >= 11 is 0. The number of ether oxygens (including phenoxy) is 1. The van der Waals surface area contributed by atoms with Gasteiger partial charge in [-0.25, -0.2) is 0 Å². The smallest absolute Gasteiger partial charge is 0.253 e. The standard InChI is InChI=1S/C15H18N2O2/c1-2-11-19-12-13-5-9-17(10-6-13)15(18)14-3-7-16-8-4-14/h1,3-4,7-8,13H,5-6,9-12H2. The Morgan fingerprint density at radius 3 is 2.74 bits per heavy atom. The van der Waals surface area contributed by atoms with Gasteiger partial charge in [0.2, 0.25) is 0 Å². The number of likely N-dealkylation sites (tertiary alicyclic amines) is 1. The maximum Gasteiger partial charge on any atom is 0.253 e. The van der Waals surface area contributed by atoms with Crippen molar-refractivity contribution in [2.75, 3.05) is 26.3 Å². The average molecular weight is 258 g/mol. The number of nitrogens with zero attached hydrogens (tertiary/aromatic N) is 2. The first kappa shape index (κ1) is 13.6. The maximum absolute atomic E-state index is 12.2. The van der Waals surface area contributed by atoms with E-state index >= 15 is 0 Å². The van der Waals surface area contributed by atoms with E-state index in [1.807, 2.05) is 4.90 Å². The molecule has 0 unspecified atom stereocenters. The Kier molecular flexibility index (Phi) is 4.93. The van der Waals surface area contributed by atoms with Crippen molar-refractivity contribution in [2.45, 2.75) is 12.8 Å². The molecule has 1 aliphatic heterocycles. The largest absolute Gasteiger partial charge is 0.369 e. The first-order chi connectivity index (χ1) is 9.31. The summed E-state index contributed by atoms with van der Waals surface area (Å²) in [6.07, 6.45) is 10.4. The third-order valence-electron chi connectivity index (χ3n) is 3.37. The van der Waals surface area contributed by atoms with Crippen molar-refractivity contribution in [1.29, 1.82) is 0 Å². The first-order valence-corrected chi connectivity index (χ1v) is 6.51. The fourth-order valence-electron chi connectivity index (χ4n) is 2.26. The van der Waals surface area contributed by atoms with E-state index in [4.69, 9.17) is 11.2 Å². The van der Waals surface area contributed by atoms with Crippen LogP contribution in [0.3, 0.4) is 0 Å². The molecule has 100 valence electrons. The summed E-state index contributed by atoms with van der Waals surface area (Å²) in [5.41, 5.74) is 0.706. The Hall–Kier alpha value is -1.86. The van der Waals surface area contributed by atoms with Crippen molar-refractivity contribution < 1.29 is 9.53 Å². The number of carbonyl (C=O) groups excluding carboxylic acids is 1. The van der Waals surface area contributed by atoms with Gasteiger partial charge in [0.1, 0.15) is 6.61 Å². The van der Waals surface area contributed by atoms with Crippen LogP contribution >= 0.6 is 0 Å². The molecule has 1 aliphatic rings. The maximum atomic E-state index is 12.2. The molecule has 2 rings (SSSR count). The van der Waals surface area contributed by atoms with E-state index in [-0.39, 0.29) is 5.91 Å². The molecule has 0 N–H and O–H groups in total. The number of terminal acetylenes is 1. The van der Waals surface area contributed by atoms with Gasteiger partial charge in [-0.05, 0) is 30.9 Å². The number of rotatable bonds is 4. The number of aromatic nitrogens is 1. The van der Waals surface area contributed by atoms with Gasteiger partial charge in [0.25, 0.3) is 5.91 Å². The van der Waals surface area contributed by atoms with Crippen molar-refractivity contribution >= 4 is 5.91 Å². The molecule has 1 fully saturated rings. The number of pyridine rings is 1. The van der Waals surface area contributed by atoms with E-state index in [1.165, 1.54) is 0 Å². The zero-order valence-corrected chi connectivity index (χ0v) is 10.9. The Balaban J connectivity index is 1.80. The molecule has 0 aromatic carbocycles. The van der Waals surface area contributed by atoms with Gasteiger partial charge in [-0.3, -0.25) is 9.78 Å². The third-order valence-corrected chi connectivity index (χ3v) is 3.37. The van der Waals surface area contributed by atoms with Gasteiger partial charge in [0.05, 0.1) is 6.61 Å². The van der Waals surface area contributed by atoms with Crippen molar-refractivity contribution in [3.05, 3.63) is 30.1 Å². The van der Waals surface area contributed by atoms with E-state index in [9.17, 15) is 4.79 Å². The van der Waals surface area contributed by atoms with Crippen LogP contribution in [0.4, 0.5) is 0 Å². The normalized spacial score (nSPS) is 16.1. The van der Waals surface area contributed by atoms with Crippen molar-refractivity contribution in [1.82, 2.24) is 9.88 Å². The summed E-state index contributed by atoms with van der Waals surface area (Å²) in [6, 6.07) is 3.51. The highest BCUT2D eigenvalue weighted by molar-refractivity contribution is 5.94. The first-order valence-electron chi connectivity index (χ1n) is 6.51. The molecular formula is C15H18N2O2. The van der Waals surface area contributed by atoms with E-state index in [0.29, 0.717) is 24.7 Å². The molecule has 4 heteroatoms. The monoisotopic (exact) mass is 258 g/mol. The van der Waals surface area contributed by atoms with Gasteiger partial charge in [-0.15, -0.1) is 6.42 Å². The van der Waals surface area contributed by atoms with Crippen LogP contribution in [0.5, 0.6) is 0 Å². The highest BCUT2D eigenvalue weighted by atomic mass is 16.5. The average Bonchev–Trinajstić information content (AvgIpc) is 2.48. The molecule has 4 nitrogen and oxygen atoms in total. The lowest BCUT2D eigenvalue weighted by Gasteiger charge is -2.31. The zero-order chi connectivity index (χ0) is 13.5. The fraction of sp³-hybridized carbons (Fsp3) is 0.467. The predicted molar refractivity (Wildman–Crippen MR) is 72.5 cm³/mol. The Morgan fingerprint density at radius 1 is 1.42 bits per heavy atom. The molecule has 1 aromatic heterocycles. The minimum absolute atomic E-state index is 0.0883. The summed E-state index contributed by atoms with van der Waals surface area (Å²) in [6.45, 7) is 2.63. The number of hydrogen-bond donors (Lipinski definition) is 0. The van der Waals surface area contributed by atoms with Crippen molar-refractivity contribution in [2.24, 2.45) is 5.92 Å². The van der Waals surface area contributed by atoms with Crippen LogP contribution in [0.15, 0.2) is 24.5 Å². The summed E-state index contributed by atoms with van der Waals surface area (Å²) < 4.78 is 5.35. The Labute approximate surface area is 113 Å². The van der Waals surface area contributed by atoms with Gasteiger partial charge < -0.3 is 9.64 Å². The second-order valence-electron chi connectivity index (χ2n) is 4.69. The molecule has 0 atom stereocenters. The van der Waals surface area contributed by atoms with Crippen LogP contribution in [-0.4, -0.2) is 42.1 Å². The van der Waals surface area contributed by atoms with Crippen LogP contribution in [-0.2, 0) is 4.74 Å². The number of hydrogen-bond acceptors (Lipinski definition) is 3. The molecule has 1 aromatic rings. The van der Waals surface area contributed by atoms with Gasteiger partial charge >= 0.3 is 0 Å². The van der Waals surface area contributed by atoms with Gasteiger partial charge in [-0.1, -0.05) is 5.92 Å². The van der Waals surface area contributed by atoms with Gasteiger partial charge in [-0.2, -0.15) is 0 Å². The third kappa shape index (κ3) is 3.80. The molecule has 1 saturated heterocycles. The lowest BCUT2D eigenvalue weighted by atomic mass is 9.97. The van der Waals surface area contributed by atoms with E-state index in [1.54, 1.807) is 24.5 Å². The van der Waals surface area contributed by atoms with Crippen molar-refractivity contribution in [3.63, 3.8) is 0 Å². The highest BCUT2D eigenvalue weighted by Crippen LogP contribution is 2.19. The second-order valence-corrected chi connectivity index (χ2v) is 4.69. The molecule has 0 bridgehead atoms. The summed E-state index contributed by atoms with van der Waals surface area (Å²) in [5.74, 6) is 3.06. The van der Waals surface area contributed by atoms with E-state index in [0.717, 1.165) is 25.9 Å². The van der Waals surface area contributed by atoms with Gasteiger partial charge in [0.15, 0.2) is 0 Å². The predicted octanol–water partition coefficient (Wildman–Crippen LogP) is 1.58. The van der Waals surface area contributed by atoms with Crippen LogP contribution in [0.1, 0.15) is 23.2 Å². The number of carbonyl (C=O) groups is 1. The lowest BCUT2D eigenvalue weighted by Crippen LogP contribution is -2.39. The van der Waals surface area contributed by atoms with Gasteiger partial charge in [0, 0.05) is 31.0 Å². The van der Waals surface area contributed by atoms with E-state index < -0.39 is 0 Å². The van der Waals surface area contributed by atoms with Crippen LogP contribution in [0, 0.1) is 18.3 Å². The summed E-state index contributed by atoms with van der Waals surface area (Å²) in [5, 5.41) is 0. The van der Waals surface area contributed by atoms with Crippen LogP contribution in [0.2, 0.25) is 0 Å².